The Hall–Kier alpha value is -1.13. The predicted molar refractivity (Wildman–Crippen MR) is 163 cm³/mol. The number of alkyl halides is 6. The standard InChI is InChI=1S/C36H52F6N2O2/c1-19-29(25-13-3-5-15-27(25)43(19)23-11-7-9-21(17-23)35(37,38)39)31-33(45)32(34(31)46)30-20(2)44(28-16-6-4-14-26(28)30)24-12-8-10-22(18-24)36(40,41)42/h19-29,31,33,45H,3-18H2,1-2H3/b32-30+/t19?,20?,21?,22?,23?,24?,25-,26?,27?,28?,29?,31?,33?/m1/s1. The largest absolute Gasteiger partial charge is 0.391 e. The SMILES string of the molecule is CC1/C(=C2\C(=O)C(C3C(C)N(C4CCCC(C(F)(F)F)C4)C4CCCC[C@@H]34)C2O)C2CCCCC2N1C1CCCC(C(F)(F)F)C1. The molecular weight excluding hydrogens is 606 g/mol. The average Bonchev–Trinajstić information content (AvgIpc) is 3.47. The molecule has 7 rings (SSSR count). The molecule has 0 aromatic carbocycles. The van der Waals surface area contributed by atoms with Crippen molar-refractivity contribution >= 4 is 5.78 Å². The van der Waals surface area contributed by atoms with Crippen LogP contribution in [0.3, 0.4) is 0 Å². The maximum absolute atomic E-state index is 14.4. The lowest BCUT2D eigenvalue weighted by Crippen LogP contribution is -2.55. The minimum Gasteiger partial charge on any atom is -0.388 e. The number of nitrogens with zero attached hydrogens (tertiary/aromatic N) is 2. The molecule has 10 heteroatoms. The van der Waals surface area contributed by atoms with E-state index in [1.165, 1.54) is 0 Å². The molecule has 7 aliphatic rings. The zero-order chi connectivity index (χ0) is 32.7. The molecule has 12 unspecified atom stereocenters. The Morgan fingerprint density at radius 3 is 1.80 bits per heavy atom. The molecule has 2 aliphatic heterocycles. The normalized spacial score (nSPS) is 47.8. The first-order chi connectivity index (χ1) is 21.8. The number of fused-ring (bicyclic) bond motifs is 2. The number of halogens is 6. The quantitative estimate of drug-likeness (QED) is 0.245. The summed E-state index contributed by atoms with van der Waals surface area (Å²) >= 11 is 0. The smallest absolute Gasteiger partial charge is 0.388 e. The van der Waals surface area contributed by atoms with Crippen LogP contribution >= 0.6 is 0 Å². The first-order valence-electron chi connectivity index (χ1n) is 18.4. The van der Waals surface area contributed by atoms with Crippen molar-refractivity contribution in [3.63, 3.8) is 0 Å². The summed E-state index contributed by atoms with van der Waals surface area (Å²) in [7, 11) is 0. The van der Waals surface area contributed by atoms with Crippen LogP contribution in [0.4, 0.5) is 26.3 Å². The predicted octanol–water partition coefficient (Wildman–Crippen LogP) is 8.23. The third-order valence-electron chi connectivity index (χ3n) is 14.1. The molecule has 260 valence electrons. The van der Waals surface area contributed by atoms with Crippen LogP contribution < -0.4 is 0 Å². The number of hydrogen-bond acceptors (Lipinski definition) is 4. The van der Waals surface area contributed by atoms with Gasteiger partial charge in [-0.2, -0.15) is 26.3 Å². The summed E-state index contributed by atoms with van der Waals surface area (Å²) in [4.78, 5) is 19.0. The van der Waals surface area contributed by atoms with Gasteiger partial charge >= 0.3 is 12.4 Å². The third-order valence-corrected chi connectivity index (χ3v) is 14.1. The fourth-order valence-electron chi connectivity index (χ4n) is 12.3. The maximum atomic E-state index is 14.4. The van der Waals surface area contributed by atoms with E-state index in [2.05, 4.69) is 16.7 Å². The Morgan fingerprint density at radius 2 is 1.22 bits per heavy atom. The van der Waals surface area contributed by atoms with Gasteiger partial charge in [-0.1, -0.05) is 38.5 Å². The van der Waals surface area contributed by atoms with Gasteiger partial charge in [0.25, 0.3) is 0 Å². The lowest BCUT2D eigenvalue weighted by Gasteiger charge is -2.45. The molecule has 0 aromatic rings. The molecular formula is C36H52F6N2O2. The highest BCUT2D eigenvalue weighted by molar-refractivity contribution is 6.07. The fraction of sp³-hybridized carbons (Fsp3) is 0.917. The summed E-state index contributed by atoms with van der Waals surface area (Å²) in [5.41, 5.74) is 1.50. The third kappa shape index (κ3) is 5.50. The van der Waals surface area contributed by atoms with E-state index in [9.17, 15) is 36.2 Å². The van der Waals surface area contributed by atoms with Gasteiger partial charge in [0.2, 0.25) is 0 Å². The molecule has 7 fully saturated rings. The Kier molecular flexibility index (Phi) is 8.94. The van der Waals surface area contributed by atoms with Crippen molar-refractivity contribution in [2.75, 3.05) is 0 Å². The topological polar surface area (TPSA) is 43.8 Å². The Morgan fingerprint density at radius 1 is 0.674 bits per heavy atom. The summed E-state index contributed by atoms with van der Waals surface area (Å²) in [5, 5.41) is 12.0. The van der Waals surface area contributed by atoms with Crippen LogP contribution in [-0.4, -0.2) is 75.4 Å². The summed E-state index contributed by atoms with van der Waals surface area (Å²) in [6.07, 6.45) is 1.66. The second kappa shape index (κ2) is 12.3. The van der Waals surface area contributed by atoms with Crippen molar-refractivity contribution in [2.45, 2.75) is 171 Å². The molecule has 4 nitrogen and oxygen atoms in total. The Balaban J connectivity index is 1.15. The number of rotatable bonds is 3. The number of carbonyl (C=O) groups excluding carboxylic acids is 1. The number of carbonyl (C=O) groups is 1. The number of Topliss-reactive ketones (excluding diaryl/α,β-unsaturated/α-hetero) is 1. The van der Waals surface area contributed by atoms with Crippen LogP contribution in [-0.2, 0) is 4.79 Å². The van der Waals surface area contributed by atoms with Gasteiger partial charge in [0.05, 0.1) is 23.9 Å². The molecule has 5 saturated carbocycles. The van der Waals surface area contributed by atoms with E-state index in [0.717, 1.165) is 69.8 Å². The van der Waals surface area contributed by atoms with Crippen molar-refractivity contribution < 1.29 is 36.2 Å². The first kappa shape index (κ1) is 33.4. The van der Waals surface area contributed by atoms with Crippen LogP contribution in [0.5, 0.6) is 0 Å². The second-order valence-corrected chi connectivity index (χ2v) is 16.2. The minimum absolute atomic E-state index is 0.00262. The number of ketones is 1. The van der Waals surface area contributed by atoms with Gasteiger partial charge in [-0.15, -0.1) is 0 Å². The van der Waals surface area contributed by atoms with E-state index in [0.29, 0.717) is 18.4 Å². The van der Waals surface area contributed by atoms with E-state index in [4.69, 9.17) is 0 Å². The number of likely N-dealkylation sites (tertiary alicyclic amines) is 2. The summed E-state index contributed by atoms with van der Waals surface area (Å²) in [6, 6.07) is -0.330. The molecule has 0 amide bonds. The van der Waals surface area contributed by atoms with Crippen LogP contribution in [0.1, 0.15) is 117 Å². The Labute approximate surface area is 269 Å². The summed E-state index contributed by atoms with van der Waals surface area (Å²) in [5.74, 6) is -2.94. The van der Waals surface area contributed by atoms with E-state index >= 15 is 0 Å². The van der Waals surface area contributed by atoms with Crippen LogP contribution in [0.15, 0.2) is 11.1 Å². The number of hydrogen-bond donors (Lipinski definition) is 1. The van der Waals surface area contributed by atoms with E-state index in [1.807, 2.05) is 6.92 Å². The lowest BCUT2D eigenvalue weighted by molar-refractivity contribution is -0.188. The molecule has 13 atom stereocenters. The summed E-state index contributed by atoms with van der Waals surface area (Å²) < 4.78 is 82.8. The number of aliphatic hydroxyl groups excluding tert-OH is 1. The first-order valence-corrected chi connectivity index (χ1v) is 18.4. The monoisotopic (exact) mass is 658 g/mol. The second-order valence-electron chi connectivity index (χ2n) is 16.2. The average molecular weight is 659 g/mol. The zero-order valence-corrected chi connectivity index (χ0v) is 27.3. The van der Waals surface area contributed by atoms with Gasteiger partial charge in [-0.25, -0.2) is 0 Å². The van der Waals surface area contributed by atoms with E-state index in [1.54, 1.807) is 0 Å². The molecule has 2 saturated heterocycles. The van der Waals surface area contributed by atoms with Crippen molar-refractivity contribution in [3.8, 4) is 0 Å². The molecule has 2 heterocycles. The molecule has 0 aromatic heterocycles. The van der Waals surface area contributed by atoms with Gasteiger partial charge in [0, 0.05) is 41.8 Å². The van der Waals surface area contributed by atoms with Crippen LogP contribution in [0.25, 0.3) is 0 Å². The minimum atomic E-state index is -4.20. The molecule has 0 spiro atoms. The molecule has 1 N–H and O–H groups in total. The maximum Gasteiger partial charge on any atom is 0.391 e. The van der Waals surface area contributed by atoms with Crippen LogP contribution in [0.2, 0.25) is 0 Å². The highest BCUT2D eigenvalue weighted by atomic mass is 19.4. The zero-order valence-electron chi connectivity index (χ0n) is 27.3. The Bertz CT molecular complexity index is 1190. The molecule has 0 bridgehead atoms. The van der Waals surface area contributed by atoms with Gasteiger partial charge in [-0.05, 0) is 101 Å². The van der Waals surface area contributed by atoms with E-state index in [-0.39, 0.29) is 85.5 Å². The fourth-order valence-corrected chi connectivity index (χ4v) is 12.3. The molecule has 5 aliphatic carbocycles. The van der Waals surface area contributed by atoms with Gasteiger partial charge in [-0.3, -0.25) is 14.6 Å². The highest BCUT2D eigenvalue weighted by Gasteiger charge is 2.62. The molecule has 0 radical (unpaired) electrons. The van der Waals surface area contributed by atoms with Gasteiger partial charge < -0.3 is 5.11 Å². The van der Waals surface area contributed by atoms with Crippen molar-refractivity contribution in [2.24, 2.45) is 35.5 Å². The van der Waals surface area contributed by atoms with Crippen molar-refractivity contribution in [3.05, 3.63) is 11.1 Å². The highest BCUT2D eigenvalue weighted by Crippen LogP contribution is 2.57. The van der Waals surface area contributed by atoms with Crippen molar-refractivity contribution in [1.82, 2.24) is 9.80 Å². The molecule has 46 heavy (non-hydrogen) atoms. The summed E-state index contributed by atoms with van der Waals surface area (Å²) in [6.45, 7) is 4.13. The van der Waals surface area contributed by atoms with Crippen LogP contribution in [0, 0.1) is 35.5 Å². The lowest BCUT2D eigenvalue weighted by atomic mass is 9.59. The van der Waals surface area contributed by atoms with E-state index < -0.39 is 36.2 Å². The van der Waals surface area contributed by atoms with Crippen molar-refractivity contribution in [1.29, 1.82) is 0 Å². The number of aliphatic hydroxyl groups is 1. The van der Waals surface area contributed by atoms with Gasteiger partial charge in [0.1, 0.15) is 0 Å². The van der Waals surface area contributed by atoms with Gasteiger partial charge in [0.15, 0.2) is 5.78 Å².